The molecule has 1 N–H and O–H groups in total. The summed E-state index contributed by atoms with van der Waals surface area (Å²) in [5.74, 6) is -0.602. The van der Waals surface area contributed by atoms with Crippen molar-refractivity contribution in [3.05, 3.63) is 42.0 Å². The first-order chi connectivity index (χ1) is 9.17. The fraction of sp³-hybridized carbons (Fsp3) is 0.143. The number of esters is 1. The summed E-state index contributed by atoms with van der Waals surface area (Å²) >= 11 is 0. The first-order valence-electron chi connectivity index (χ1n) is 5.59. The molecule has 2 aromatic rings. The quantitative estimate of drug-likeness (QED) is 0.856. The van der Waals surface area contributed by atoms with Gasteiger partial charge in [-0.25, -0.2) is 9.78 Å². The predicted octanol–water partition coefficient (Wildman–Crippen LogP) is 2.25. The number of hydrogen-bond donors (Lipinski definition) is 1. The zero-order valence-electron chi connectivity index (χ0n) is 10.6. The van der Waals surface area contributed by atoms with Gasteiger partial charge in [0.25, 0.3) is 0 Å². The van der Waals surface area contributed by atoms with Crippen LogP contribution in [0, 0.1) is 0 Å². The number of carbonyl (C=O) groups is 1. The summed E-state index contributed by atoms with van der Waals surface area (Å²) in [4.78, 5) is 15.7. The molecular formula is C14H13NO4. The van der Waals surface area contributed by atoms with Crippen molar-refractivity contribution in [3.63, 3.8) is 0 Å². The maximum atomic E-state index is 11.5. The number of ether oxygens (including phenoxy) is 2. The largest absolute Gasteiger partial charge is 0.506 e. The maximum absolute atomic E-state index is 11.5. The highest BCUT2D eigenvalue weighted by molar-refractivity contribution is 5.93. The Morgan fingerprint density at radius 2 is 1.89 bits per heavy atom. The summed E-state index contributed by atoms with van der Waals surface area (Å²) in [5.41, 5.74) is 1.17. The first-order valence-corrected chi connectivity index (χ1v) is 5.59. The molecular weight excluding hydrogens is 246 g/mol. The van der Waals surface area contributed by atoms with Gasteiger partial charge in [-0.05, 0) is 0 Å². The van der Waals surface area contributed by atoms with Crippen LogP contribution in [0.2, 0.25) is 0 Å². The van der Waals surface area contributed by atoms with Crippen molar-refractivity contribution in [2.24, 2.45) is 0 Å². The molecule has 0 fully saturated rings. The molecule has 5 nitrogen and oxygen atoms in total. The third kappa shape index (κ3) is 2.49. The lowest BCUT2D eigenvalue weighted by Gasteiger charge is -2.10. The van der Waals surface area contributed by atoms with E-state index in [0.717, 1.165) is 5.56 Å². The van der Waals surface area contributed by atoms with Gasteiger partial charge in [-0.2, -0.15) is 0 Å². The number of nitrogens with zero attached hydrogens (tertiary/aromatic N) is 1. The van der Waals surface area contributed by atoms with Gasteiger partial charge in [-0.3, -0.25) is 0 Å². The highest BCUT2D eigenvalue weighted by Gasteiger charge is 2.19. The third-order valence-electron chi connectivity index (χ3n) is 2.61. The Labute approximate surface area is 110 Å². The molecule has 0 aliphatic rings. The number of benzene rings is 1. The minimum Gasteiger partial charge on any atom is -0.506 e. The van der Waals surface area contributed by atoms with Gasteiger partial charge in [-0.1, -0.05) is 30.3 Å². The van der Waals surface area contributed by atoms with Crippen LogP contribution in [0.4, 0.5) is 0 Å². The molecule has 5 heteroatoms. The smallest absolute Gasteiger partial charge is 0.343 e. The second-order valence-electron chi connectivity index (χ2n) is 3.77. The van der Waals surface area contributed by atoms with Gasteiger partial charge in [0.05, 0.1) is 14.2 Å². The number of aromatic hydroxyl groups is 1. The van der Waals surface area contributed by atoms with Crippen molar-refractivity contribution in [3.8, 4) is 22.9 Å². The summed E-state index contributed by atoms with van der Waals surface area (Å²) in [6.07, 6.45) is 0. The molecule has 0 atom stereocenters. The van der Waals surface area contributed by atoms with Crippen LogP contribution < -0.4 is 4.74 Å². The van der Waals surface area contributed by atoms with Gasteiger partial charge in [0.2, 0.25) is 5.88 Å². The van der Waals surface area contributed by atoms with E-state index in [4.69, 9.17) is 4.74 Å². The van der Waals surface area contributed by atoms with Crippen molar-refractivity contribution in [1.82, 2.24) is 4.98 Å². The molecule has 0 amide bonds. The normalized spacial score (nSPS) is 10.0. The van der Waals surface area contributed by atoms with Crippen molar-refractivity contribution < 1.29 is 19.4 Å². The molecule has 1 aromatic heterocycles. The molecule has 2 rings (SSSR count). The Morgan fingerprint density at radius 1 is 1.21 bits per heavy atom. The molecule has 1 heterocycles. The third-order valence-corrected chi connectivity index (χ3v) is 2.61. The van der Waals surface area contributed by atoms with Gasteiger partial charge in [0, 0.05) is 11.6 Å². The minimum absolute atomic E-state index is 0.0854. The van der Waals surface area contributed by atoms with Crippen molar-refractivity contribution in [2.75, 3.05) is 14.2 Å². The van der Waals surface area contributed by atoms with E-state index in [2.05, 4.69) is 9.72 Å². The molecule has 1 aromatic carbocycles. The van der Waals surface area contributed by atoms with Crippen molar-refractivity contribution >= 4 is 5.97 Å². The average molecular weight is 259 g/mol. The number of hydrogen-bond acceptors (Lipinski definition) is 5. The van der Waals surface area contributed by atoms with Gasteiger partial charge in [0.15, 0.2) is 0 Å². The lowest BCUT2D eigenvalue weighted by atomic mass is 10.1. The monoisotopic (exact) mass is 259 g/mol. The molecule has 0 unspecified atom stereocenters. The standard InChI is InChI=1S/C14H13NO4/c1-18-13-10(14(17)19-2)8-11(16)12(15-13)9-6-4-3-5-7-9/h3-8,16H,1-2H3. The Kier molecular flexibility index (Phi) is 3.66. The number of aromatic nitrogens is 1. The summed E-state index contributed by atoms with van der Waals surface area (Å²) in [6.45, 7) is 0. The summed E-state index contributed by atoms with van der Waals surface area (Å²) in [6, 6.07) is 10.4. The molecule has 0 saturated carbocycles. The van der Waals surface area contributed by atoms with Crippen LogP contribution in [0.15, 0.2) is 36.4 Å². The maximum Gasteiger partial charge on any atom is 0.343 e. The topological polar surface area (TPSA) is 68.7 Å². The van der Waals surface area contributed by atoms with Gasteiger partial charge in [0.1, 0.15) is 17.0 Å². The number of carbonyl (C=O) groups excluding carboxylic acids is 1. The van der Waals surface area contributed by atoms with E-state index in [9.17, 15) is 9.90 Å². The molecule has 0 aliphatic heterocycles. The zero-order chi connectivity index (χ0) is 13.8. The van der Waals surface area contributed by atoms with Crippen LogP contribution in [-0.4, -0.2) is 30.3 Å². The Bertz CT molecular complexity index is 596. The summed E-state index contributed by atoms with van der Waals surface area (Å²) < 4.78 is 9.67. The average Bonchev–Trinajstić information content (AvgIpc) is 2.47. The van der Waals surface area contributed by atoms with Crippen LogP contribution in [0.5, 0.6) is 11.6 Å². The zero-order valence-corrected chi connectivity index (χ0v) is 10.6. The first kappa shape index (κ1) is 12.9. The van der Waals surface area contributed by atoms with Crippen LogP contribution in [0.1, 0.15) is 10.4 Å². The van der Waals surface area contributed by atoms with Gasteiger partial charge < -0.3 is 14.6 Å². The van der Waals surface area contributed by atoms with Crippen molar-refractivity contribution in [2.45, 2.75) is 0 Å². The molecule has 0 saturated heterocycles. The molecule has 0 spiro atoms. The SMILES string of the molecule is COC(=O)c1cc(O)c(-c2ccccc2)nc1OC. The van der Waals surface area contributed by atoms with Crippen LogP contribution >= 0.6 is 0 Å². The minimum atomic E-state index is -0.612. The molecule has 0 aliphatic carbocycles. The van der Waals surface area contributed by atoms with Gasteiger partial charge >= 0.3 is 5.97 Å². The second-order valence-corrected chi connectivity index (χ2v) is 3.77. The van der Waals surface area contributed by atoms with E-state index in [1.165, 1.54) is 20.3 Å². The van der Waals surface area contributed by atoms with Crippen LogP contribution in [0.3, 0.4) is 0 Å². The highest BCUT2D eigenvalue weighted by Crippen LogP contribution is 2.32. The molecule has 0 radical (unpaired) electrons. The second kappa shape index (κ2) is 5.39. The van der Waals surface area contributed by atoms with Gasteiger partial charge in [-0.15, -0.1) is 0 Å². The van der Waals surface area contributed by atoms with E-state index in [1.54, 1.807) is 12.1 Å². The summed E-state index contributed by atoms with van der Waals surface area (Å²) in [5, 5.41) is 9.98. The van der Waals surface area contributed by atoms with Crippen molar-refractivity contribution in [1.29, 1.82) is 0 Å². The van der Waals surface area contributed by atoms with Crippen LogP contribution in [-0.2, 0) is 4.74 Å². The van der Waals surface area contributed by atoms with E-state index < -0.39 is 5.97 Å². The predicted molar refractivity (Wildman–Crippen MR) is 69.2 cm³/mol. The number of methoxy groups -OCH3 is 2. The Hall–Kier alpha value is -2.56. The Balaban J connectivity index is 2.57. The molecule has 98 valence electrons. The highest BCUT2D eigenvalue weighted by atomic mass is 16.5. The van der Waals surface area contributed by atoms with E-state index >= 15 is 0 Å². The van der Waals surface area contributed by atoms with Crippen LogP contribution in [0.25, 0.3) is 11.3 Å². The Morgan fingerprint density at radius 3 is 2.47 bits per heavy atom. The summed E-state index contributed by atoms with van der Waals surface area (Å²) in [7, 11) is 2.66. The lowest BCUT2D eigenvalue weighted by molar-refractivity contribution is 0.0595. The van der Waals surface area contributed by atoms with E-state index in [-0.39, 0.29) is 17.2 Å². The molecule has 19 heavy (non-hydrogen) atoms. The fourth-order valence-electron chi connectivity index (χ4n) is 1.71. The number of pyridine rings is 1. The van der Waals surface area contributed by atoms with E-state index in [0.29, 0.717) is 5.69 Å². The number of rotatable bonds is 3. The molecule has 0 bridgehead atoms. The lowest BCUT2D eigenvalue weighted by Crippen LogP contribution is -2.06. The fourth-order valence-corrected chi connectivity index (χ4v) is 1.71. The van der Waals surface area contributed by atoms with E-state index in [1.807, 2.05) is 18.2 Å².